The second kappa shape index (κ2) is 9.57. The van der Waals surface area contributed by atoms with Gasteiger partial charge in [0.2, 0.25) is 0 Å². The number of carboxylic acid groups (broad SMARTS) is 2. The van der Waals surface area contributed by atoms with Crippen LogP contribution >= 0.6 is 0 Å². The van der Waals surface area contributed by atoms with Crippen LogP contribution in [0, 0.1) is 0 Å². The molecule has 0 atom stereocenters. The van der Waals surface area contributed by atoms with Crippen LogP contribution in [-0.4, -0.2) is 27.9 Å². The zero-order valence-electron chi connectivity index (χ0n) is 9.72. The minimum Gasteiger partial charge on any atom is -0.481 e. The first-order valence-electron chi connectivity index (χ1n) is 5.62. The van der Waals surface area contributed by atoms with Gasteiger partial charge in [0.05, 0.1) is 6.42 Å². The second-order valence-electron chi connectivity index (χ2n) is 3.75. The molecule has 0 saturated heterocycles. The summed E-state index contributed by atoms with van der Waals surface area (Å²) >= 11 is 0. The van der Waals surface area contributed by atoms with Crippen molar-refractivity contribution in [3.63, 3.8) is 0 Å². The van der Waals surface area contributed by atoms with Crippen LogP contribution in [0.4, 0.5) is 0 Å². The molecule has 0 aliphatic heterocycles. The molecule has 5 nitrogen and oxygen atoms in total. The van der Waals surface area contributed by atoms with Crippen LogP contribution in [0.3, 0.4) is 0 Å². The predicted octanol–water partition coefficient (Wildman–Crippen LogP) is 2.01. The molecule has 0 rings (SSSR count). The summed E-state index contributed by atoms with van der Waals surface area (Å²) in [6.45, 7) is 0. The van der Waals surface area contributed by atoms with Gasteiger partial charge in [-0.15, -0.1) is 0 Å². The predicted molar refractivity (Wildman–Crippen MR) is 61.7 cm³/mol. The van der Waals surface area contributed by atoms with Crippen LogP contribution in [0.5, 0.6) is 0 Å². The van der Waals surface area contributed by atoms with Crippen molar-refractivity contribution in [1.82, 2.24) is 0 Å². The Morgan fingerprint density at radius 1 is 0.824 bits per heavy atom. The number of aliphatic carboxylic acids is 2. The number of allylic oxidation sites excluding steroid dienone is 2. The molecule has 0 fully saturated rings. The highest BCUT2D eigenvalue weighted by molar-refractivity contribution is 5.83. The molecule has 0 aromatic rings. The summed E-state index contributed by atoms with van der Waals surface area (Å²) in [5.41, 5.74) is 0. The van der Waals surface area contributed by atoms with Crippen LogP contribution in [0.25, 0.3) is 0 Å². The van der Waals surface area contributed by atoms with E-state index in [1.54, 1.807) is 6.08 Å². The Labute approximate surface area is 100 Å². The molecule has 0 spiro atoms. The molecule has 96 valence electrons. The van der Waals surface area contributed by atoms with Crippen molar-refractivity contribution >= 4 is 17.7 Å². The normalized spacial score (nSPS) is 10.6. The van der Waals surface area contributed by atoms with Crippen molar-refractivity contribution in [2.24, 2.45) is 0 Å². The van der Waals surface area contributed by atoms with Crippen LogP contribution < -0.4 is 0 Å². The van der Waals surface area contributed by atoms with E-state index < -0.39 is 11.9 Å². The van der Waals surface area contributed by atoms with Gasteiger partial charge in [-0.1, -0.05) is 12.2 Å². The van der Waals surface area contributed by atoms with Crippen molar-refractivity contribution in [3.8, 4) is 0 Å². The fraction of sp³-hybridized carbons (Fsp3) is 0.583. The minimum atomic E-state index is -0.962. The quantitative estimate of drug-likeness (QED) is 0.451. The lowest BCUT2D eigenvalue weighted by molar-refractivity contribution is -0.138. The Morgan fingerprint density at radius 2 is 1.47 bits per heavy atom. The number of Topliss-reactive ketones (excluding diaryl/α,β-unsaturated/α-hetero) is 1. The number of hydrogen-bond donors (Lipinski definition) is 2. The van der Waals surface area contributed by atoms with Crippen LogP contribution in [0.15, 0.2) is 12.2 Å². The first-order chi connectivity index (χ1) is 8.02. The number of carbonyl (C=O) groups is 3. The van der Waals surface area contributed by atoms with Gasteiger partial charge in [0, 0.05) is 19.3 Å². The molecular formula is C12H18O5. The van der Waals surface area contributed by atoms with E-state index in [2.05, 4.69) is 0 Å². The molecule has 0 aromatic heterocycles. The molecular weight excluding hydrogens is 224 g/mol. The van der Waals surface area contributed by atoms with Gasteiger partial charge in [0.1, 0.15) is 5.78 Å². The maximum atomic E-state index is 11.1. The Balaban J connectivity index is 3.43. The summed E-state index contributed by atoms with van der Waals surface area (Å²) in [5, 5.41) is 16.7. The molecule has 0 amide bonds. The van der Waals surface area contributed by atoms with E-state index in [9.17, 15) is 14.4 Å². The van der Waals surface area contributed by atoms with Gasteiger partial charge in [0.25, 0.3) is 0 Å². The van der Waals surface area contributed by atoms with Crippen LogP contribution in [-0.2, 0) is 14.4 Å². The summed E-state index contributed by atoms with van der Waals surface area (Å²) < 4.78 is 0. The summed E-state index contributed by atoms with van der Waals surface area (Å²) in [7, 11) is 0. The average Bonchev–Trinajstić information content (AvgIpc) is 2.24. The SMILES string of the molecule is O=C(O)CCCCC=CCC(=O)CCC(=O)O. The second-order valence-corrected chi connectivity index (χ2v) is 3.75. The topological polar surface area (TPSA) is 91.7 Å². The van der Waals surface area contributed by atoms with E-state index in [4.69, 9.17) is 10.2 Å². The Morgan fingerprint density at radius 3 is 2.06 bits per heavy atom. The van der Waals surface area contributed by atoms with Gasteiger partial charge in [-0.3, -0.25) is 14.4 Å². The standard InChI is InChI=1S/C12H18O5/c13-10(8-9-12(16)17)6-4-2-1-3-5-7-11(14)15/h2,4H,1,3,5-9H2,(H,14,15)(H,16,17). The van der Waals surface area contributed by atoms with E-state index in [0.29, 0.717) is 6.42 Å². The number of carbonyl (C=O) groups excluding carboxylic acids is 1. The summed E-state index contributed by atoms with van der Waals surface area (Å²) in [4.78, 5) is 31.5. The molecule has 0 heterocycles. The molecule has 17 heavy (non-hydrogen) atoms. The first-order valence-corrected chi connectivity index (χ1v) is 5.62. The zero-order chi connectivity index (χ0) is 13.1. The molecule has 0 radical (unpaired) electrons. The number of hydrogen-bond acceptors (Lipinski definition) is 3. The molecule has 0 aliphatic carbocycles. The smallest absolute Gasteiger partial charge is 0.303 e. The lowest BCUT2D eigenvalue weighted by Crippen LogP contribution is -2.01. The van der Waals surface area contributed by atoms with Crippen molar-refractivity contribution < 1.29 is 24.6 Å². The van der Waals surface area contributed by atoms with Crippen molar-refractivity contribution in [2.75, 3.05) is 0 Å². The van der Waals surface area contributed by atoms with Crippen LogP contribution in [0.2, 0.25) is 0 Å². The van der Waals surface area contributed by atoms with Crippen LogP contribution in [0.1, 0.15) is 44.9 Å². The van der Waals surface area contributed by atoms with E-state index in [0.717, 1.165) is 12.8 Å². The van der Waals surface area contributed by atoms with Crippen molar-refractivity contribution in [2.45, 2.75) is 44.9 Å². The maximum absolute atomic E-state index is 11.1. The Hall–Kier alpha value is -1.65. The van der Waals surface area contributed by atoms with E-state index in [1.165, 1.54) is 0 Å². The third kappa shape index (κ3) is 12.3. The summed E-state index contributed by atoms with van der Waals surface area (Å²) in [6.07, 6.45) is 6.09. The molecule has 0 unspecified atom stereocenters. The third-order valence-electron chi connectivity index (χ3n) is 2.14. The fourth-order valence-electron chi connectivity index (χ4n) is 1.22. The van der Waals surface area contributed by atoms with Gasteiger partial charge in [0.15, 0.2) is 0 Å². The van der Waals surface area contributed by atoms with Gasteiger partial charge in [-0.05, 0) is 19.3 Å². The van der Waals surface area contributed by atoms with E-state index >= 15 is 0 Å². The monoisotopic (exact) mass is 242 g/mol. The molecule has 5 heteroatoms. The van der Waals surface area contributed by atoms with Gasteiger partial charge in [-0.25, -0.2) is 0 Å². The van der Waals surface area contributed by atoms with Gasteiger partial charge in [-0.2, -0.15) is 0 Å². The Kier molecular flexibility index (Phi) is 8.64. The van der Waals surface area contributed by atoms with Crippen molar-refractivity contribution in [1.29, 1.82) is 0 Å². The lowest BCUT2D eigenvalue weighted by atomic mass is 10.1. The first kappa shape index (κ1) is 15.3. The fourth-order valence-corrected chi connectivity index (χ4v) is 1.22. The largest absolute Gasteiger partial charge is 0.481 e. The number of carboxylic acids is 2. The van der Waals surface area contributed by atoms with Gasteiger partial charge < -0.3 is 10.2 Å². The highest BCUT2D eigenvalue weighted by atomic mass is 16.4. The number of rotatable bonds is 10. The maximum Gasteiger partial charge on any atom is 0.303 e. The average molecular weight is 242 g/mol. The van der Waals surface area contributed by atoms with E-state index in [-0.39, 0.29) is 31.5 Å². The zero-order valence-corrected chi connectivity index (χ0v) is 9.72. The summed E-state index contributed by atoms with van der Waals surface area (Å²) in [6, 6.07) is 0. The minimum absolute atomic E-state index is 0.0681. The van der Waals surface area contributed by atoms with E-state index in [1.807, 2.05) is 6.08 Å². The Bertz CT molecular complexity index is 293. The molecule has 0 bridgehead atoms. The molecule has 0 saturated carbocycles. The molecule has 2 N–H and O–H groups in total. The molecule has 0 aromatic carbocycles. The number of unbranched alkanes of at least 4 members (excludes halogenated alkanes) is 2. The van der Waals surface area contributed by atoms with Gasteiger partial charge >= 0.3 is 11.9 Å². The third-order valence-corrected chi connectivity index (χ3v) is 2.14. The lowest BCUT2D eigenvalue weighted by Gasteiger charge is -1.94. The molecule has 0 aliphatic rings. The number of ketones is 1. The highest BCUT2D eigenvalue weighted by Crippen LogP contribution is 2.02. The summed E-state index contributed by atoms with van der Waals surface area (Å²) in [5.74, 6) is -1.84. The highest BCUT2D eigenvalue weighted by Gasteiger charge is 2.02. The van der Waals surface area contributed by atoms with Crippen molar-refractivity contribution in [3.05, 3.63) is 12.2 Å².